The van der Waals surface area contributed by atoms with Gasteiger partial charge in [-0.25, -0.2) is 4.21 Å². The Kier molecular flexibility index (Phi) is 9.65. The minimum absolute atomic E-state index is 0.287. The van der Waals surface area contributed by atoms with Crippen molar-refractivity contribution in [1.29, 1.82) is 0 Å². The van der Waals surface area contributed by atoms with Crippen molar-refractivity contribution in [2.45, 2.75) is 38.1 Å². The van der Waals surface area contributed by atoms with Gasteiger partial charge >= 0.3 is 5.97 Å². The fourth-order valence-electron chi connectivity index (χ4n) is 1.91. The van der Waals surface area contributed by atoms with Crippen LogP contribution in [0.5, 0.6) is 0 Å². The van der Waals surface area contributed by atoms with Crippen LogP contribution in [-0.4, -0.2) is 31.5 Å². The van der Waals surface area contributed by atoms with Gasteiger partial charge in [-0.05, 0) is 41.4 Å². The Balaban J connectivity index is 2.34. The van der Waals surface area contributed by atoms with E-state index in [1.807, 2.05) is 12.1 Å². The number of unbranched alkanes of at least 4 members (excludes halogenated alkanes) is 3. The molecule has 0 heterocycles. The molecule has 0 aliphatic rings. The molecule has 2 atom stereocenters. The maximum Gasteiger partial charge on any atom is 0.320 e. The van der Waals surface area contributed by atoms with Gasteiger partial charge in [-0.15, -0.1) is 0 Å². The lowest BCUT2D eigenvalue weighted by atomic mass is 10.1. The predicted molar refractivity (Wildman–Crippen MR) is 99.7 cm³/mol. The first-order chi connectivity index (χ1) is 10.5. The molecule has 4 N–H and O–H groups in total. The van der Waals surface area contributed by atoms with Crippen LogP contribution < -0.4 is 10.5 Å². The molecule has 1 rings (SSSR count). The summed E-state index contributed by atoms with van der Waals surface area (Å²) in [7, 11) is -1.07. The molecule has 0 bridgehead atoms. The number of alkyl halides is 1. The van der Waals surface area contributed by atoms with Crippen LogP contribution in [0.4, 0.5) is 5.69 Å². The number of carbonyl (C=O) groups is 1. The number of benzene rings is 1. The fraction of sp³-hybridized carbons (Fsp3) is 0.533. The molecular formula is C15H23IN2O3S. The molecule has 0 aliphatic heterocycles. The van der Waals surface area contributed by atoms with Gasteiger partial charge in [-0.1, -0.05) is 47.6 Å². The third-order valence-corrected chi connectivity index (χ3v) is 5.06. The number of nitrogens with two attached hydrogens (primary N) is 1. The summed E-state index contributed by atoms with van der Waals surface area (Å²) in [6.07, 6.45) is 4.78. The normalized spacial score (nSPS) is 13.5. The zero-order chi connectivity index (χ0) is 16.4. The van der Waals surface area contributed by atoms with E-state index in [0.29, 0.717) is 5.75 Å². The van der Waals surface area contributed by atoms with E-state index in [1.165, 1.54) is 17.3 Å². The van der Waals surface area contributed by atoms with Gasteiger partial charge in [0, 0.05) is 11.4 Å². The summed E-state index contributed by atoms with van der Waals surface area (Å²) in [6.45, 7) is 0. The molecule has 1 aromatic rings. The van der Waals surface area contributed by atoms with Gasteiger partial charge in [0.15, 0.2) is 0 Å². The third-order valence-electron chi connectivity index (χ3n) is 3.17. The van der Waals surface area contributed by atoms with Crippen molar-refractivity contribution in [1.82, 2.24) is 0 Å². The van der Waals surface area contributed by atoms with E-state index < -0.39 is 23.0 Å². The molecule has 7 heteroatoms. The first-order valence-electron chi connectivity index (χ1n) is 7.31. The topological polar surface area (TPSA) is 92.4 Å². The molecule has 0 fully saturated rings. The largest absolute Gasteiger partial charge is 0.480 e. The van der Waals surface area contributed by atoms with Crippen LogP contribution in [0.1, 0.15) is 31.2 Å². The molecule has 22 heavy (non-hydrogen) atoms. The Hall–Kier alpha value is -0.670. The summed E-state index contributed by atoms with van der Waals surface area (Å²) in [4.78, 5) is 10.7. The number of hydrogen-bond donors (Lipinski definition) is 3. The molecular weight excluding hydrogens is 415 g/mol. The van der Waals surface area contributed by atoms with Crippen molar-refractivity contribution in [2.75, 3.05) is 14.9 Å². The average Bonchev–Trinajstić information content (AvgIpc) is 2.49. The molecule has 0 amide bonds. The Bertz CT molecular complexity index is 482. The monoisotopic (exact) mass is 438 g/mol. The summed E-state index contributed by atoms with van der Waals surface area (Å²) in [5.41, 5.74) is 7.12. The second kappa shape index (κ2) is 11.0. The van der Waals surface area contributed by atoms with Crippen LogP contribution in [0.15, 0.2) is 24.3 Å². The van der Waals surface area contributed by atoms with E-state index in [-0.39, 0.29) is 6.42 Å². The maximum absolute atomic E-state index is 11.9. The Morgan fingerprint density at radius 2 is 1.86 bits per heavy atom. The van der Waals surface area contributed by atoms with Crippen molar-refractivity contribution in [3.63, 3.8) is 0 Å². The Morgan fingerprint density at radius 3 is 2.45 bits per heavy atom. The number of halogens is 1. The minimum Gasteiger partial charge on any atom is -0.480 e. The van der Waals surface area contributed by atoms with E-state index in [0.717, 1.165) is 24.1 Å². The second-order valence-corrected chi connectivity index (χ2v) is 7.48. The summed E-state index contributed by atoms with van der Waals surface area (Å²) >= 11 is 2.37. The van der Waals surface area contributed by atoms with Crippen molar-refractivity contribution < 1.29 is 14.1 Å². The maximum atomic E-state index is 11.9. The lowest BCUT2D eigenvalue weighted by Gasteiger charge is -2.09. The number of rotatable bonds is 11. The number of hydrogen-bond acceptors (Lipinski definition) is 3. The number of nitrogens with one attached hydrogen (secondary N) is 1. The standard InChI is InChI=1S/C15H23IN2O3S/c16-9-3-1-2-4-10-22(21)18-13-7-5-12(6-8-13)11-14(17)15(19)20/h5-8,14,18H,1-4,9-11,17H2,(H,19,20)/t14-,22?/m0/s1. The second-order valence-electron chi connectivity index (χ2n) is 5.10. The minimum atomic E-state index is -1.07. The summed E-state index contributed by atoms with van der Waals surface area (Å²) in [5.74, 6) is -0.363. The van der Waals surface area contributed by atoms with Crippen LogP contribution in [-0.2, 0) is 22.2 Å². The zero-order valence-corrected chi connectivity index (χ0v) is 15.4. The van der Waals surface area contributed by atoms with E-state index >= 15 is 0 Å². The van der Waals surface area contributed by atoms with Gasteiger partial charge in [0.05, 0.1) is 0 Å². The van der Waals surface area contributed by atoms with Crippen molar-refractivity contribution in [2.24, 2.45) is 5.73 Å². The smallest absolute Gasteiger partial charge is 0.320 e. The molecule has 0 radical (unpaired) electrons. The fourth-order valence-corrected chi connectivity index (χ4v) is 3.42. The van der Waals surface area contributed by atoms with Crippen molar-refractivity contribution in [3.05, 3.63) is 29.8 Å². The molecule has 0 saturated heterocycles. The highest BCUT2D eigenvalue weighted by Gasteiger charge is 2.11. The Labute approximate surface area is 147 Å². The van der Waals surface area contributed by atoms with Crippen LogP contribution in [0, 0.1) is 0 Å². The summed E-state index contributed by atoms with van der Waals surface area (Å²) in [5, 5.41) is 8.78. The quantitative estimate of drug-likeness (QED) is 0.282. The lowest BCUT2D eigenvalue weighted by Crippen LogP contribution is -2.32. The summed E-state index contributed by atoms with van der Waals surface area (Å²) < 4.78 is 16.0. The number of carboxylic acids is 1. The molecule has 0 spiro atoms. The first-order valence-corrected chi connectivity index (χ1v) is 10.2. The highest BCUT2D eigenvalue weighted by atomic mass is 127. The molecule has 1 unspecified atom stereocenters. The van der Waals surface area contributed by atoms with Crippen molar-refractivity contribution in [3.8, 4) is 0 Å². The molecule has 124 valence electrons. The zero-order valence-electron chi connectivity index (χ0n) is 12.5. The van der Waals surface area contributed by atoms with Crippen molar-refractivity contribution >= 4 is 45.2 Å². The van der Waals surface area contributed by atoms with Crippen LogP contribution in [0.25, 0.3) is 0 Å². The van der Waals surface area contributed by atoms with Gasteiger partial charge in [-0.2, -0.15) is 0 Å². The SMILES string of the molecule is N[C@@H](Cc1ccc(NS(=O)CCCCCCI)cc1)C(=O)O. The number of carboxylic acid groups (broad SMARTS) is 1. The van der Waals surface area contributed by atoms with E-state index in [1.54, 1.807) is 12.1 Å². The van der Waals surface area contributed by atoms with E-state index in [9.17, 15) is 9.00 Å². The molecule has 1 aromatic carbocycles. The van der Waals surface area contributed by atoms with Crippen LogP contribution >= 0.6 is 22.6 Å². The average molecular weight is 438 g/mol. The molecule has 0 aliphatic carbocycles. The lowest BCUT2D eigenvalue weighted by molar-refractivity contribution is -0.138. The molecule has 0 aromatic heterocycles. The number of anilines is 1. The van der Waals surface area contributed by atoms with E-state index in [4.69, 9.17) is 10.8 Å². The van der Waals surface area contributed by atoms with Gasteiger partial charge in [0.1, 0.15) is 17.0 Å². The highest BCUT2D eigenvalue weighted by molar-refractivity contribution is 14.1. The van der Waals surface area contributed by atoms with Gasteiger partial charge in [0.2, 0.25) is 0 Å². The van der Waals surface area contributed by atoms with E-state index in [2.05, 4.69) is 27.3 Å². The highest BCUT2D eigenvalue weighted by Crippen LogP contribution is 2.12. The predicted octanol–water partition coefficient (Wildman–Crippen LogP) is 2.71. The first kappa shape index (κ1) is 19.4. The number of aliphatic carboxylic acids is 1. The molecule has 5 nitrogen and oxygen atoms in total. The molecule has 0 saturated carbocycles. The van der Waals surface area contributed by atoms with Crippen LogP contribution in [0.3, 0.4) is 0 Å². The van der Waals surface area contributed by atoms with Gasteiger partial charge in [-0.3, -0.25) is 4.79 Å². The third kappa shape index (κ3) is 8.09. The summed E-state index contributed by atoms with van der Waals surface area (Å²) in [6, 6.07) is 6.33. The van der Waals surface area contributed by atoms with Crippen LogP contribution in [0.2, 0.25) is 0 Å². The van der Waals surface area contributed by atoms with Gasteiger partial charge < -0.3 is 15.6 Å². The Morgan fingerprint density at radius 1 is 1.23 bits per heavy atom. The van der Waals surface area contributed by atoms with Gasteiger partial charge in [0.25, 0.3) is 0 Å².